The average molecular weight is 411 g/mol. The first kappa shape index (κ1) is 19.6. The highest BCUT2D eigenvalue weighted by Gasteiger charge is 2.36. The zero-order chi connectivity index (χ0) is 20.2. The van der Waals surface area contributed by atoms with Crippen molar-refractivity contribution in [1.29, 1.82) is 0 Å². The van der Waals surface area contributed by atoms with E-state index in [9.17, 15) is 4.79 Å². The minimum Gasteiger partial charge on any atom is -0.339 e. The number of hydrogen-bond acceptors (Lipinski definition) is 5. The maximum absolute atomic E-state index is 13.4. The Labute approximate surface area is 175 Å². The molecule has 1 aliphatic heterocycles. The fourth-order valence-electron chi connectivity index (χ4n) is 3.66. The predicted octanol–water partition coefficient (Wildman–Crippen LogP) is 3.49. The van der Waals surface area contributed by atoms with Gasteiger partial charge in [0.15, 0.2) is 5.82 Å². The molecule has 6 nitrogen and oxygen atoms in total. The molecular weight excluding hydrogens is 388 g/mol. The first-order valence-corrected chi connectivity index (χ1v) is 10.1. The Morgan fingerprint density at radius 1 is 1.03 bits per heavy atom. The number of halogens is 1. The maximum Gasteiger partial charge on any atom is 0.240 e. The average Bonchev–Trinajstić information content (AvgIpc) is 3.14. The van der Waals surface area contributed by atoms with Crippen molar-refractivity contribution in [1.82, 2.24) is 19.9 Å². The van der Waals surface area contributed by atoms with Crippen molar-refractivity contribution in [3.63, 3.8) is 0 Å². The van der Waals surface area contributed by atoms with Gasteiger partial charge in [0.2, 0.25) is 11.8 Å². The molecule has 2 heterocycles. The van der Waals surface area contributed by atoms with Gasteiger partial charge in [0.1, 0.15) is 0 Å². The summed E-state index contributed by atoms with van der Waals surface area (Å²) >= 11 is 6.01. The topological polar surface area (TPSA) is 62.5 Å². The Morgan fingerprint density at radius 2 is 1.76 bits per heavy atom. The minimum absolute atomic E-state index is 0.0879. The maximum atomic E-state index is 13.4. The van der Waals surface area contributed by atoms with Crippen molar-refractivity contribution >= 4 is 17.5 Å². The Kier molecular flexibility index (Phi) is 5.92. The Balaban J connectivity index is 1.54. The largest absolute Gasteiger partial charge is 0.339 e. The van der Waals surface area contributed by atoms with Gasteiger partial charge in [-0.25, -0.2) is 0 Å². The van der Waals surface area contributed by atoms with Crippen LogP contribution in [-0.2, 0) is 24.3 Å². The van der Waals surface area contributed by atoms with Crippen LogP contribution in [-0.4, -0.2) is 45.0 Å². The summed E-state index contributed by atoms with van der Waals surface area (Å²) in [4.78, 5) is 21.8. The Bertz CT molecular complexity index is 958. The molecule has 0 bridgehead atoms. The highest BCUT2D eigenvalue weighted by molar-refractivity contribution is 6.30. The highest BCUT2D eigenvalue weighted by Crippen LogP contribution is 2.21. The number of rotatable bonds is 6. The summed E-state index contributed by atoms with van der Waals surface area (Å²) in [5.41, 5.74) is 2.24. The van der Waals surface area contributed by atoms with E-state index < -0.39 is 0 Å². The van der Waals surface area contributed by atoms with Gasteiger partial charge in [-0.3, -0.25) is 9.69 Å². The minimum atomic E-state index is -0.344. The number of benzene rings is 2. The van der Waals surface area contributed by atoms with Crippen LogP contribution in [0.4, 0.5) is 0 Å². The predicted molar refractivity (Wildman–Crippen MR) is 110 cm³/mol. The molecular formula is C22H23ClN4O2. The van der Waals surface area contributed by atoms with E-state index in [1.807, 2.05) is 59.5 Å². The van der Waals surface area contributed by atoms with E-state index in [1.165, 1.54) is 0 Å². The van der Waals surface area contributed by atoms with Gasteiger partial charge in [-0.1, -0.05) is 59.2 Å². The molecule has 0 aliphatic carbocycles. The fraction of sp³-hybridized carbons (Fsp3) is 0.318. The normalized spacial score (nSPS) is 17.7. The molecule has 1 aliphatic rings. The van der Waals surface area contributed by atoms with E-state index in [-0.39, 0.29) is 11.9 Å². The van der Waals surface area contributed by atoms with Crippen molar-refractivity contribution in [2.45, 2.75) is 32.5 Å². The van der Waals surface area contributed by atoms with Crippen LogP contribution in [0, 0.1) is 6.92 Å². The molecule has 150 valence electrons. The van der Waals surface area contributed by atoms with Crippen LogP contribution < -0.4 is 0 Å². The first-order chi connectivity index (χ1) is 14.1. The van der Waals surface area contributed by atoms with Crippen LogP contribution in [0.3, 0.4) is 0 Å². The molecule has 1 fully saturated rings. The molecule has 1 saturated heterocycles. The van der Waals surface area contributed by atoms with Gasteiger partial charge in [0, 0.05) is 31.2 Å². The van der Waals surface area contributed by atoms with Gasteiger partial charge in [-0.2, -0.15) is 4.98 Å². The molecule has 7 heteroatoms. The number of nitrogens with zero attached hydrogens (tertiary/aromatic N) is 4. The molecule has 1 aromatic heterocycles. The van der Waals surface area contributed by atoms with Gasteiger partial charge >= 0.3 is 0 Å². The van der Waals surface area contributed by atoms with Gasteiger partial charge in [0.05, 0.1) is 12.5 Å². The number of aryl methyl sites for hydroxylation is 1. The van der Waals surface area contributed by atoms with Crippen molar-refractivity contribution in [2.24, 2.45) is 0 Å². The lowest BCUT2D eigenvalue weighted by Gasteiger charge is -2.40. The number of amides is 1. The second-order valence-electron chi connectivity index (χ2n) is 7.30. The van der Waals surface area contributed by atoms with Crippen molar-refractivity contribution in [3.8, 4) is 0 Å². The first-order valence-electron chi connectivity index (χ1n) is 9.69. The molecule has 0 spiro atoms. The summed E-state index contributed by atoms with van der Waals surface area (Å²) in [5.74, 6) is 1.15. The van der Waals surface area contributed by atoms with Crippen molar-refractivity contribution in [3.05, 3.63) is 82.5 Å². The van der Waals surface area contributed by atoms with E-state index in [0.717, 1.165) is 17.7 Å². The molecule has 2 aromatic carbocycles. The van der Waals surface area contributed by atoms with Crippen LogP contribution in [0.1, 0.15) is 22.8 Å². The quantitative estimate of drug-likeness (QED) is 0.622. The van der Waals surface area contributed by atoms with Crippen LogP contribution in [0.2, 0.25) is 5.02 Å². The number of hydrogen-bond donors (Lipinski definition) is 0. The lowest BCUT2D eigenvalue weighted by molar-refractivity contribution is -0.143. The number of piperazine rings is 1. The molecule has 1 unspecified atom stereocenters. The van der Waals surface area contributed by atoms with Crippen molar-refractivity contribution in [2.75, 3.05) is 13.1 Å². The standard InChI is InChI=1S/C22H23ClN4O2/c1-16-24-21(29-25-16)13-20-22(28)27(15-17-5-3-2-4-6-17)12-11-26(20)14-18-7-9-19(23)10-8-18/h2-10,20H,11-15H2,1H3. The molecule has 3 aromatic rings. The molecule has 29 heavy (non-hydrogen) atoms. The fourth-order valence-corrected chi connectivity index (χ4v) is 3.79. The van der Waals surface area contributed by atoms with Crippen LogP contribution in [0.5, 0.6) is 0 Å². The van der Waals surface area contributed by atoms with Gasteiger partial charge in [-0.15, -0.1) is 0 Å². The van der Waals surface area contributed by atoms with E-state index in [4.69, 9.17) is 16.1 Å². The molecule has 4 rings (SSSR count). The lowest BCUT2D eigenvalue weighted by Crippen LogP contribution is -2.57. The SMILES string of the molecule is Cc1noc(CC2C(=O)N(Cc3ccccc3)CCN2Cc2ccc(Cl)cc2)n1. The van der Waals surface area contributed by atoms with E-state index in [1.54, 1.807) is 6.92 Å². The second kappa shape index (κ2) is 8.76. The third kappa shape index (κ3) is 4.83. The summed E-state index contributed by atoms with van der Waals surface area (Å²) < 4.78 is 5.31. The van der Waals surface area contributed by atoms with E-state index >= 15 is 0 Å². The van der Waals surface area contributed by atoms with Crippen LogP contribution >= 0.6 is 11.6 Å². The molecule has 0 N–H and O–H groups in total. The van der Waals surface area contributed by atoms with Crippen molar-refractivity contribution < 1.29 is 9.32 Å². The second-order valence-corrected chi connectivity index (χ2v) is 7.73. The number of carbonyl (C=O) groups excluding carboxylic acids is 1. The zero-order valence-electron chi connectivity index (χ0n) is 16.3. The lowest BCUT2D eigenvalue weighted by atomic mass is 10.0. The summed E-state index contributed by atoms with van der Waals surface area (Å²) in [5, 5.41) is 4.57. The third-order valence-corrected chi connectivity index (χ3v) is 5.40. The van der Waals surface area contributed by atoms with E-state index in [0.29, 0.717) is 42.8 Å². The van der Waals surface area contributed by atoms with Gasteiger partial charge in [0.25, 0.3) is 0 Å². The molecule has 1 atom stereocenters. The number of carbonyl (C=O) groups is 1. The summed E-state index contributed by atoms with van der Waals surface area (Å²) in [6, 6.07) is 17.5. The summed E-state index contributed by atoms with van der Waals surface area (Å²) in [6.45, 7) is 4.51. The zero-order valence-corrected chi connectivity index (χ0v) is 17.0. The van der Waals surface area contributed by atoms with E-state index in [2.05, 4.69) is 15.0 Å². The monoisotopic (exact) mass is 410 g/mol. The van der Waals surface area contributed by atoms with Crippen LogP contribution in [0.25, 0.3) is 0 Å². The van der Waals surface area contributed by atoms with Crippen LogP contribution in [0.15, 0.2) is 59.1 Å². The van der Waals surface area contributed by atoms with Gasteiger partial charge in [-0.05, 0) is 30.2 Å². The summed E-state index contributed by atoms with van der Waals surface area (Å²) in [7, 11) is 0. The van der Waals surface area contributed by atoms with Gasteiger partial charge < -0.3 is 9.42 Å². The molecule has 1 amide bonds. The smallest absolute Gasteiger partial charge is 0.240 e. The third-order valence-electron chi connectivity index (χ3n) is 5.15. The number of aromatic nitrogens is 2. The summed E-state index contributed by atoms with van der Waals surface area (Å²) in [6.07, 6.45) is 0.401. The molecule has 0 radical (unpaired) electrons. The Hall–Kier alpha value is -2.70. The Morgan fingerprint density at radius 3 is 2.45 bits per heavy atom. The molecule has 0 saturated carbocycles. The highest BCUT2D eigenvalue weighted by atomic mass is 35.5.